The molecule has 4 rings (SSSR count). The number of esters is 1. The van der Waals surface area contributed by atoms with Gasteiger partial charge in [0, 0.05) is 23.7 Å². The zero-order valence-electron chi connectivity index (χ0n) is 27.1. The van der Waals surface area contributed by atoms with Gasteiger partial charge in [-0.3, -0.25) is 9.52 Å². The average molecular weight is 639 g/mol. The first-order chi connectivity index (χ1) is 20.5. The van der Waals surface area contributed by atoms with Crippen molar-refractivity contribution >= 4 is 30.0 Å². The number of sulfonamides is 1. The van der Waals surface area contributed by atoms with Crippen LogP contribution in [0.25, 0.3) is 0 Å². The first-order valence-corrected chi connectivity index (χ1v) is 19.3. The highest BCUT2D eigenvalue weighted by molar-refractivity contribution is 7.92. The second kappa shape index (κ2) is 13.0. The number of hydrogen-bond donors (Lipinski definition) is 2. The van der Waals surface area contributed by atoms with Crippen LogP contribution in [0.3, 0.4) is 0 Å². The largest absolute Gasteiger partial charge is 0.489 e. The first kappa shape index (κ1) is 33.7. The molecule has 1 aliphatic rings. The zero-order valence-corrected chi connectivity index (χ0v) is 28.9. The van der Waals surface area contributed by atoms with E-state index in [1.165, 1.54) is 7.11 Å². The maximum absolute atomic E-state index is 13.5. The smallest absolute Gasteiger partial charge is 0.309 e. The van der Waals surface area contributed by atoms with Crippen LogP contribution in [0, 0.1) is 0 Å². The fraction of sp³-hybridized carbons (Fsp3) is 0.441. The Labute approximate surface area is 263 Å². The third-order valence-corrected chi connectivity index (χ3v) is 14.3. The lowest BCUT2D eigenvalue weighted by Gasteiger charge is -2.41. The van der Waals surface area contributed by atoms with E-state index >= 15 is 0 Å². The Kier molecular flexibility index (Phi) is 9.99. The number of benzene rings is 3. The Hall–Kier alpha value is -3.18. The summed E-state index contributed by atoms with van der Waals surface area (Å²) in [5, 5.41) is 3.64. The molecule has 0 amide bonds. The highest BCUT2D eigenvalue weighted by Gasteiger charge is 2.40. The van der Waals surface area contributed by atoms with E-state index in [4.69, 9.17) is 13.9 Å². The normalized spacial score (nSPS) is 15.5. The molecule has 0 unspecified atom stereocenters. The molecule has 4 bridgehead atoms. The minimum atomic E-state index is -3.85. The van der Waals surface area contributed by atoms with Crippen molar-refractivity contribution < 1.29 is 27.1 Å². The van der Waals surface area contributed by atoms with E-state index in [-0.39, 0.29) is 34.5 Å². The number of carbonyl (C=O) groups is 1. The van der Waals surface area contributed by atoms with Crippen LogP contribution in [0.2, 0.25) is 18.1 Å². The van der Waals surface area contributed by atoms with Crippen molar-refractivity contribution in [1.29, 1.82) is 0 Å². The van der Waals surface area contributed by atoms with Crippen molar-refractivity contribution in [2.24, 2.45) is 0 Å². The second-order valence-electron chi connectivity index (χ2n) is 13.7. The summed E-state index contributed by atoms with van der Waals surface area (Å²) >= 11 is 0. The number of fused-ring (bicyclic) bond motifs is 4. The SMILES string of the molecule is COC(=O)Cc1cccc(CC(C)(C)NC[C@H](O[Si](C)(C)C(C)(C)C)c2ccc3cc2NS(=O)(=O)c2cccc(c2)CO3)c1. The standard InChI is InChI=1S/C34H46N2O6SSi/c1-33(2,3)44(7,8)42-31(22-35-34(4,5)21-25-12-9-11-24(17-25)19-32(37)40-6)29-16-15-27-20-30(29)36-43(38,39)28-14-10-13-26(18-28)23-41-27/h9-18,20,31,35-36H,19,21-23H2,1-8H3/t31-/m0/s1. The van der Waals surface area contributed by atoms with Crippen LogP contribution in [0.4, 0.5) is 5.69 Å². The number of nitrogens with one attached hydrogen (secondary N) is 2. The highest BCUT2D eigenvalue weighted by atomic mass is 32.2. The summed E-state index contributed by atoms with van der Waals surface area (Å²) < 4.78 is 47.7. The van der Waals surface area contributed by atoms with Crippen LogP contribution in [-0.4, -0.2) is 41.9 Å². The van der Waals surface area contributed by atoms with Crippen molar-refractivity contribution in [3.8, 4) is 5.75 Å². The molecule has 1 atom stereocenters. The van der Waals surface area contributed by atoms with E-state index in [0.717, 1.165) is 22.3 Å². The maximum Gasteiger partial charge on any atom is 0.309 e. The van der Waals surface area contributed by atoms with Gasteiger partial charge in [-0.25, -0.2) is 8.42 Å². The summed E-state index contributed by atoms with van der Waals surface area (Å²) in [6, 6.07) is 20.3. The van der Waals surface area contributed by atoms with Crippen LogP contribution < -0.4 is 14.8 Å². The summed E-state index contributed by atoms with van der Waals surface area (Å²) in [5.41, 5.74) is 3.61. The van der Waals surface area contributed by atoms with E-state index in [1.807, 2.05) is 36.4 Å². The quantitative estimate of drug-likeness (QED) is 0.187. The molecule has 0 spiro atoms. The summed E-state index contributed by atoms with van der Waals surface area (Å²) in [4.78, 5) is 12.0. The Morgan fingerprint density at radius 1 is 1.00 bits per heavy atom. The summed E-state index contributed by atoms with van der Waals surface area (Å²) in [5.74, 6) is 0.302. The molecule has 0 saturated heterocycles. The van der Waals surface area contributed by atoms with Crippen LogP contribution in [-0.2, 0) is 43.4 Å². The summed E-state index contributed by atoms with van der Waals surface area (Å²) in [7, 11) is -4.75. The fourth-order valence-corrected chi connectivity index (χ4v) is 7.37. The molecule has 1 heterocycles. The van der Waals surface area contributed by atoms with Crippen molar-refractivity contribution in [3.05, 3.63) is 89.0 Å². The molecule has 238 valence electrons. The lowest BCUT2D eigenvalue weighted by Crippen LogP contribution is -2.47. The van der Waals surface area contributed by atoms with Gasteiger partial charge in [-0.05, 0) is 73.3 Å². The number of methoxy groups -OCH3 is 1. The maximum atomic E-state index is 13.5. The monoisotopic (exact) mass is 638 g/mol. The molecule has 3 aromatic rings. The van der Waals surface area contributed by atoms with E-state index in [9.17, 15) is 13.2 Å². The predicted octanol–water partition coefficient (Wildman–Crippen LogP) is 6.77. The Morgan fingerprint density at radius 2 is 1.70 bits per heavy atom. The number of ether oxygens (including phenoxy) is 2. The molecule has 2 N–H and O–H groups in total. The van der Waals surface area contributed by atoms with Gasteiger partial charge in [-0.1, -0.05) is 63.2 Å². The Morgan fingerprint density at radius 3 is 2.41 bits per heavy atom. The van der Waals surface area contributed by atoms with E-state index < -0.39 is 24.4 Å². The third kappa shape index (κ3) is 8.50. The molecular weight excluding hydrogens is 593 g/mol. The number of carbonyl (C=O) groups excluding carboxylic acids is 1. The van der Waals surface area contributed by atoms with Gasteiger partial charge in [-0.2, -0.15) is 0 Å². The van der Waals surface area contributed by atoms with Gasteiger partial charge in [0.15, 0.2) is 8.32 Å². The topological polar surface area (TPSA) is 103 Å². The molecular formula is C34H46N2O6SSi. The minimum absolute atomic E-state index is 0.0646. The van der Waals surface area contributed by atoms with Crippen LogP contribution in [0.5, 0.6) is 5.75 Å². The van der Waals surface area contributed by atoms with E-state index in [2.05, 4.69) is 63.8 Å². The molecule has 8 nitrogen and oxygen atoms in total. The number of hydrogen-bond acceptors (Lipinski definition) is 7. The lowest BCUT2D eigenvalue weighted by molar-refractivity contribution is -0.139. The fourth-order valence-electron chi connectivity index (χ4n) is 4.94. The molecule has 0 fully saturated rings. The summed E-state index contributed by atoms with van der Waals surface area (Å²) in [6.45, 7) is 15.9. The van der Waals surface area contributed by atoms with Crippen molar-refractivity contribution in [2.75, 3.05) is 18.4 Å². The molecule has 3 aromatic carbocycles. The molecule has 0 aliphatic carbocycles. The summed E-state index contributed by atoms with van der Waals surface area (Å²) in [6.07, 6.45) is 0.489. The van der Waals surface area contributed by atoms with Gasteiger partial charge in [0.2, 0.25) is 0 Å². The number of anilines is 1. The first-order valence-electron chi connectivity index (χ1n) is 14.9. The van der Waals surface area contributed by atoms with Crippen LogP contribution >= 0.6 is 0 Å². The molecule has 1 aliphatic heterocycles. The van der Waals surface area contributed by atoms with E-state index in [0.29, 0.717) is 24.4 Å². The minimum Gasteiger partial charge on any atom is -0.489 e. The Balaban J connectivity index is 1.65. The third-order valence-electron chi connectivity index (χ3n) is 8.45. The average Bonchev–Trinajstić information content (AvgIpc) is 2.93. The van der Waals surface area contributed by atoms with Gasteiger partial charge >= 0.3 is 5.97 Å². The second-order valence-corrected chi connectivity index (χ2v) is 20.1. The van der Waals surface area contributed by atoms with Crippen molar-refractivity contribution in [2.45, 2.75) is 88.7 Å². The predicted molar refractivity (Wildman–Crippen MR) is 177 cm³/mol. The van der Waals surface area contributed by atoms with Gasteiger partial charge in [0.1, 0.15) is 12.4 Å². The van der Waals surface area contributed by atoms with Crippen molar-refractivity contribution in [1.82, 2.24) is 5.32 Å². The van der Waals surface area contributed by atoms with Crippen LogP contribution in [0.1, 0.15) is 63.0 Å². The van der Waals surface area contributed by atoms with Crippen molar-refractivity contribution in [3.63, 3.8) is 0 Å². The van der Waals surface area contributed by atoms with E-state index in [1.54, 1.807) is 24.3 Å². The molecule has 0 radical (unpaired) electrons. The molecule has 0 saturated carbocycles. The highest BCUT2D eigenvalue weighted by Crippen LogP contribution is 2.42. The van der Waals surface area contributed by atoms with Gasteiger partial charge in [-0.15, -0.1) is 0 Å². The molecule has 0 aromatic heterocycles. The number of rotatable bonds is 10. The van der Waals surface area contributed by atoms with Crippen LogP contribution in [0.15, 0.2) is 71.6 Å². The Bertz CT molecular complexity index is 1600. The van der Waals surface area contributed by atoms with Gasteiger partial charge < -0.3 is 19.2 Å². The zero-order chi connectivity index (χ0) is 32.3. The van der Waals surface area contributed by atoms with Gasteiger partial charge in [0.25, 0.3) is 10.0 Å². The van der Waals surface area contributed by atoms with Gasteiger partial charge in [0.05, 0.1) is 30.2 Å². The molecule has 10 heteroatoms. The molecule has 44 heavy (non-hydrogen) atoms. The lowest BCUT2D eigenvalue weighted by atomic mass is 9.93.